The van der Waals surface area contributed by atoms with Gasteiger partial charge in [0.25, 0.3) is 5.91 Å². The molecule has 0 saturated carbocycles. The molecule has 10 nitrogen and oxygen atoms in total. The van der Waals surface area contributed by atoms with Gasteiger partial charge >= 0.3 is 6.09 Å². The van der Waals surface area contributed by atoms with Crippen LogP contribution in [-0.2, 0) is 26.7 Å². The van der Waals surface area contributed by atoms with Crippen LogP contribution >= 0.6 is 0 Å². The summed E-state index contributed by atoms with van der Waals surface area (Å²) in [5.74, 6) is -0.636. The number of hydrogen-bond acceptors (Lipinski definition) is 7. The van der Waals surface area contributed by atoms with Gasteiger partial charge in [0.1, 0.15) is 17.1 Å². The second-order valence-corrected chi connectivity index (χ2v) is 14.5. The molecule has 2 atom stereocenters. The molecule has 3 aromatic carbocycles. The van der Waals surface area contributed by atoms with Crippen molar-refractivity contribution in [2.75, 3.05) is 17.6 Å². The summed E-state index contributed by atoms with van der Waals surface area (Å²) in [5.41, 5.74) is 0.957. The summed E-state index contributed by atoms with van der Waals surface area (Å²) in [4.78, 5) is 26.4. The van der Waals surface area contributed by atoms with Gasteiger partial charge < -0.3 is 19.9 Å². The molecule has 0 aliphatic rings. The number of anilines is 1. The van der Waals surface area contributed by atoms with E-state index in [1.165, 1.54) is 25.2 Å². The fourth-order valence-corrected chi connectivity index (χ4v) is 5.26. The fraction of sp³-hybridized carbons (Fsp3) is 0.324. The zero-order chi connectivity index (χ0) is 33.9. The number of ether oxygens (including phenoxy) is 1. The van der Waals surface area contributed by atoms with Gasteiger partial charge in [-0.05, 0) is 76.1 Å². The van der Waals surface area contributed by atoms with Crippen molar-refractivity contribution in [2.45, 2.75) is 58.2 Å². The van der Waals surface area contributed by atoms with E-state index in [1.807, 2.05) is 30.3 Å². The summed E-state index contributed by atoms with van der Waals surface area (Å²) < 4.78 is 50.7. The number of nitrogens with zero attached hydrogens (tertiary/aromatic N) is 2. The molecule has 2 N–H and O–H groups in total. The van der Waals surface area contributed by atoms with Crippen molar-refractivity contribution in [3.05, 3.63) is 107 Å². The highest BCUT2D eigenvalue weighted by Crippen LogP contribution is 2.33. The molecule has 4 rings (SSSR count). The van der Waals surface area contributed by atoms with Crippen LogP contribution in [0.5, 0.6) is 0 Å². The molecule has 1 unspecified atom stereocenters. The second-order valence-electron chi connectivity index (χ2n) is 12.4. The average Bonchev–Trinajstić information content (AvgIpc) is 3.47. The Morgan fingerprint density at radius 1 is 1.00 bits per heavy atom. The van der Waals surface area contributed by atoms with E-state index in [2.05, 4.69) is 15.8 Å². The van der Waals surface area contributed by atoms with Crippen molar-refractivity contribution < 1.29 is 31.7 Å². The number of carbonyl (C=O) groups is 2. The SMILES string of the molecule is C[C@@H](NC(=O)c1cc(-c2cc(C(C)(Cc3ccccc3)NC(=O)OC(C)(C)C)no2)cc(N(C)S(C)(=O)=O)c1)c1ccc(F)cc1. The molecule has 0 aliphatic heterocycles. The summed E-state index contributed by atoms with van der Waals surface area (Å²) in [5, 5.41) is 10.1. The van der Waals surface area contributed by atoms with E-state index in [1.54, 1.807) is 65.0 Å². The molecule has 12 heteroatoms. The number of halogens is 1. The van der Waals surface area contributed by atoms with Crippen LogP contribution in [-0.4, -0.2) is 44.5 Å². The predicted molar refractivity (Wildman–Crippen MR) is 174 cm³/mol. The van der Waals surface area contributed by atoms with Crippen molar-refractivity contribution in [3.63, 3.8) is 0 Å². The number of aromatic nitrogens is 1. The maximum atomic E-state index is 13.4. The van der Waals surface area contributed by atoms with E-state index >= 15 is 0 Å². The lowest BCUT2D eigenvalue weighted by Crippen LogP contribution is -2.47. The number of hydrogen-bond donors (Lipinski definition) is 2. The highest BCUT2D eigenvalue weighted by Gasteiger charge is 2.35. The molecule has 0 radical (unpaired) electrons. The Kier molecular flexibility index (Phi) is 9.91. The zero-order valence-corrected chi connectivity index (χ0v) is 27.7. The predicted octanol–water partition coefficient (Wildman–Crippen LogP) is 6.35. The molecule has 0 spiro atoms. The third kappa shape index (κ3) is 8.72. The number of alkyl carbamates (subject to hydrolysis) is 1. The van der Waals surface area contributed by atoms with E-state index < -0.39 is 45.0 Å². The molecule has 0 saturated heterocycles. The van der Waals surface area contributed by atoms with Gasteiger partial charge in [0.2, 0.25) is 10.0 Å². The lowest BCUT2D eigenvalue weighted by molar-refractivity contribution is 0.0456. The lowest BCUT2D eigenvalue weighted by Gasteiger charge is -2.30. The van der Waals surface area contributed by atoms with Crippen LogP contribution in [0.25, 0.3) is 11.3 Å². The third-order valence-electron chi connectivity index (χ3n) is 7.30. The smallest absolute Gasteiger partial charge is 0.408 e. The fourth-order valence-electron chi connectivity index (χ4n) is 4.78. The number of sulfonamides is 1. The van der Waals surface area contributed by atoms with Crippen LogP contribution in [0.4, 0.5) is 14.9 Å². The van der Waals surface area contributed by atoms with Gasteiger partial charge in [-0.15, -0.1) is 0 Å². The Morgan fingerprint density at radius 3 is 2.26 bits per heavy atom. The van der Waals surface area contributed by atoms with E-state index in [4.69, 9.17) is 9.26 Å². The Bertz CT molecular complexity index is 1800. The largest absolute Gasteiger partial charge is 0.444 e. The van der Waals surface area contributed by atoms with Gasteiger partial charge in [0.05, 0.1) is 23.5 Å². The topological polar surface area (TPSA) is 131 Å². The molecule has 0 bridgehead atoms. The Labute approximate surface area is 269 Å². The summed E-state index contributed by atoms with van der Waals surface area (Å²) in [6.07, 6.45) is 0.770. The number of carbonyl (C=O) groups excluding carboxylic acids is 2. The summed E-state index contributed by atoms with van der Waals surface area (Å²) in [6.45, 7) is 8.86. The number of amides is 2. The first kappa shape index (κ1) is 34.2. The molecule has 0 aliphatic carbocycles. The maximum Gasteiger partial charge on any atom is 0.408 e. The first-order valence-corrected chi connectivity index (χ1v) is 16.5. The van der Waals surface area contributed by atoms with Crippen LogP contribution in [0, 0.1) is 5.82 Å². The van der Waals surface area contributed by atoms with Crippen LogP contribution < -0.4 is 14.9 Å². The van der Waals surface area contributed by atoms with E-state index in [0.29, 0.717) is 23.2 Å². The molecule has 1 heterocycles. The highest BCUT2D eigenvalue weighted by molar-refractivity contribution is 7.92. The summed E-state index contributed by atoms with van der Waals surface area (Å²) in [6, 6.07) is 21.1. The molecule has 4 aromatic rings. The van der Waals surface area contributed by atoms with Gasteiger partial charge in [0.15, 0.2) is 5.76 Å². The second kappa shape index (κ2) is 13.3. The quantitative estimate of drug-likeness (QED) is 0.205. The van der Waals surface area contributed by atoms with E-state index in [-0.39, 0.29) is 17.0 Å². The summed E-state index contributed by atoms with van der Waals surface area (Å²) >= 11 is 0. The Morgan fingerprint density at radius 2 is 1.65 bits per heavy atom. The van der Waals surface area contributed by atoms with Gasteiger partial charge in [-0.3, -0.25) is 9.10 Å². The van der Waals surface area contributed by atoms with Crippen molar-refractivity contribution in [1.82, 2.24) is 15.8 Å². The van der Waals surface area contributed by atoms with E-state index in [0.717, 1.165) is 16.1 Å². The molecule has 1 aromatic heterocycles. The monoisotopic (exact) mass is 650 g/mol. The maximum absolute atomic E-state index is 13.4. The Balaban J connectivity index is 1.73. The lowest BCUT2D eigenvalue weighted by atomic mass is 9.89. The van der Waals surface area contributed by atoms with Crippen molar-refractivity contribution in [3.8, 4) is 11.3 Å². The van der Waals surface area contributed by atoms with Gasteiger partial charge in [-0.1, -0.05) is 47.6 Å². The van der Waals surface area contributed by atoms with Gasteiger partial charge in [-0.2, -0.15) is 0 Å². The first-order chi connectivity index (χ1) is 21.4. The highest BCUT2D eigenvalue weighted by atomic mass is 32.2. The molecular weight excluding hydrogens is 611 g/mol. The van der Waals surface area contributed by atoms with Crippen molar-refractivity contribution in [1.29, 1.82) is 0 Å². The number of benzene rings is 3. The number of rotatable bonds is 10. The molecule has 0 fully saturated rings. The average molecular weight is 651 g/mol. The molecule has 2 amide bonds. The Hall–Kier alpha value is -4.71. The van der Waals surface area contributed by atoms with Crippen LogP contribution in [0.1, 0.15) is 67.8 Å². The first-order valence-electron chi connectivity index (χ1n) is 14.6. The summed E-state index contributed by atoms with van der Waals surface area (Å²) in [7, 11) is -2.31. The standard InChI is InChI=1S/C34H39FN4O6S/c1-22(24-13-15-27(35)16-14-24)36-31(40)26-17-25(18-28(19-26)39(6)46(7,42)43)29-20-30(38-45-29)34(5,21-23-11-9-8-10-12-23)37-32(41)44-33(2,3)4/h8-20,22H,21H2,1-7H3,(H,36,40)(H,37,41)/t22-,34?/m1/s1. The molecular formula is C34H39FN4O6S. The van der Waals surface area contributed by atoms with Gasteiger partial charge in [0, 0.05) is 30.7 Å². The zero-order valence-electron chi connectivity index (χ0n) is 26.9. The third-order valence-corrected chi connectivity index (χ3v) is 8.50. The normalized spacial score (nSPS) is 13.7. The minimum Gasteiger partial charge on any atom is -0.444 e. The molecule has 46 heavy (non-hydrogen) atoms. The van der Waals surface area contributed by atoms with Crippen LogP contribution in [0.15, 0.2) is 83.4 Å². The van der Waals surface area contributed by atoms with Crippen LogP contribution in [0.2, 0.25) is 0 Å². The van der Waals surface area contributed by atoms with E-state index in [9.17, 15) is 22.4 Å². The minimum atomic E-state index is -3.69. The van der Waals surface area contributed by atoms with Crippen LogP contribution in [0.3, 0.4) is 0 Å². The molecule has 244 valence electrons. The van der Waals surface area contributed by atoms with Gasteiger partial charge in [-0.25, -0.2) is 17.6 Å². The minimum absolute atomic E-state index is 0.161. The number of nitrogens with one attached hydrogen (secondary N) is 2. The van der Waals surface area contributed by atoms with Crippen molar-refractivity contribution in [2.24, 2.45) is 0 Å². The van der Waals surface area contributed by atoms with Crippen molar-refractivity contribution >= 4 is 27.7 Å².